The Morgan fingerprint density at radius 2 is 1.89 bits per heavy atom. The largest absolute Gasteiger partial charge is 0.449 e. The molecule has 4 rings (SSSR count). The van der Waals surface area contributed by atoms with Crippen molar-refractivity contribution in [3.63, 3.8) is 0 Å². The Morgan fingerprint density at radius 3 is 2.60 bits per heavy atom. The zero-order valence-corrected chi connectivity index (χ0v) is 19.7. The molecular weight excluding hydrogens is 469 g/mol. The van der Waals surface area contributed by atoms with Gasteiger partial charge in [0.2, 0.25) is 5.95 Å². The summed E-state index contributed by atoms with van der Waals surface area (Å²) in [6.45, 7) is 6.49. The fraction of sp³-hybridized carbons (Fsp3) is 0.619. The number of rotatable bonds is 8. The Kier molecular flexibility index (Phi) is 7.48. The lowest BCUT2D eigenvalue weighted by atomic mass is 10.3. The van der Waals surface area contributed by atoms with Crippen molar-refractivity contribution in [1.82, 2.24) is 24.8 Å². The van der Waals surface area contributed by atoms with E-state index in [1.807, 2.05) is 11.9 Å². The van der Waals surface area contributed by atoms with Gasteiger partial charge in [-0.25, -0.2) is 9.78 Å². The van der Waals surface area contributed by atoms with Gasteiger partial charge in [0.15, 0.2) is 5.82 Å². The summed E-state index contributed by atoms with van der Waals surface area (Å²) in [6.07, 6.45) is -3.14. The number of oxazole rings is 1. The first-order valence-corrected chi connectivity index (χ1v) is 11.5. The van der Waals surface area contributed by atoms with E-state index in [2.05, 4.69) is 30.5 Å². The molecule has 2 fully saturated rings. The summed E-state index contributed by atoms with van der Waals surface area (Å²) in [5.74, 6) is 0.427. The molecule has 0 bridgehead atoms. The van der Waals surface area contributed by atoms with Crippen LogP contribution in [0.5, 0.6) is 0 Å². The Morgan fingerprint density at radius 1 is 1.11 bits per heavy atom. The summed E-state index contributed by atoms with van der Waals surface area (Å²) >= 11 is 0. The number of amides is 1. The van der Waals surface area contributed by atoms with Crippen molar-refractivity contribution < 1.29 is 27.1 Å². The van der Waals surface area contributed by atoms with E-state index in [0.29, 0.717) is 43.7 Å². The number of aromatic nitrogens is 3. The molecule has 0 spiro atoms. The van der Waals surface area contributed by atoms with E-state index in [9.17, 15) is 18.0 Å². The number of carbonyl (C=O) groups is 1. The topological polar surface area (TPSA) is 112 Å². The van der Waals surface area contributed by atoms with Crippen LogP contribution in [-0.4, -0.2) is 90.3 Å². The maximum absolute atomic E-state index is 13.5. The number of cyclic esters (lactones) is 1. The first-order valence-electron chi connectivity index (χ1n) is 11.5. The van der Waals surface area contributed by atoms with Crippen LogP contribution >= 0.6 is 0 Å². The number of nitrogens with zero attached hydrogens (tertiary/aromatic N) is 6. The van der Waals surface area contributed by atoms with Gasteiger partial charge in [0.05, 0.1) is 6.61 Å². The third-order valence-electron chi connectivity index (χ3n) is 5.84. The molecule has 2 aromatic rings. The van der Waals surface area contributed by atoms with E-state index < -0.39 is 17.8 Å². The molecule has 0 aromatic carbocycles. The first kappa shape index (κ1) is 24.8. The number of nitrogens with one attached hydrogen (secondary N) is 2. The van der Waals surface area contributed by atoms with Crippen LogP contribution in [0.2, 0.25) is 0 Å². The summed E-state index contributed by atoms with van der Waals surface area (Å²) < 4.78 is 51.3. The van der Waals surface area contributed by atoms with Gasteiger partial charge >= 0.3 is 12.3 Å². The van der Waals surface area contributed by atoms with E-state index in [0.717, 1.165) is 38.8 Å². The molecule has 4 heterocycles. The summed E-state index contributed by atoms with van der Waals surface area (Å²) in [5.41, 5.74) is -0.976. The summed E-state index contributed by atoms with van der Waals surface area (Å²) in [7, 11) is 2.04. The van der Waals surface area contributed by atoms with Crippen LogP contribution in [0.1, 0.15) is 24.2 Å². The average Bonchev–Trinajstić information content (AvgIpc) is 3.17. The number of aryl methyl sites for hydroxylation is 1. The molecule has 11 nitrogen and oxygen atoms in total. The third kappa shape index (κ3) is 6.24. The maximum atomic E-state index is 13.5. The smallest absolute Gasteiger partial charge is 0.421 e. The second-order valence-corrected chi connectivity index (χ2v) is 8.51. The van der Waals surface area contributed by atoms with Crippen LogP contribution in [0.4, 0.5) is 41.6 Å². The van der Waals surface area contributed by atoms with Crippen LogP contribution < -0.4 is 15.5 Å². The van der Waals surface area contributed by atoms with Crippen molar-refractivity contribution in [3.05, 3.63) is 17.5 Å². The fourth-order valence-corrected chi connectivity index (χ4v) is 3.80. The van der Waals surface area contributed by atoms with Gasteiger partial charge in [0.25, 0.3) is 6.01 Å². The Labute approximate surface area is 200 Å². The highest BCUT2D eigenvalue weighted by Crippen LogP contribution is 2.34. The van der Waals surface area contributed by atoms with Crippen molar-refractivity contribution in [2.24, 2.45) is 0 Å². The summed E-state index contributed by atoms with van der Waals surface area (Å²) in [5, 5.41) is 5.60. The second kappa shape index (κ2) is 10.5. The zero-order valence-electron chi connectivity index (χ0n) is 19.7. The molecule has 35 heavy (non-hydrogen) atoms. The minimum absolute atomic E-state index is 0.0403. The van der Waals surface area contributed by atoms with Gasteiger partial charge in [-0.1, -0.05) is 0 Å². The Balaban J connectivity index is 1.42. The van der Waals surface area contributed by atoms with Crippen LogP contribution in [0.25, 0.3) is 0 Å². The van der Waals surface area contributed by atoms with Crippen LogP contribution in [0.15, 0.2) is 10.6 Å². The number of ether oxygens (including phenoxy) is 1. The molecule has 2 aromatic heterocycles. The number of piperazine rings is 1. The first-order chi connectivity index (χ1) is 16.7. The van der Waals surface area contributed by atoms with E-state index in [4.69, 9.17) is 9.15 Å². The van der Waals surface area contributed by atoms with Crippen molar-refractivity contribution in [3.8, 4) is 0 Å². The highest BCUT2D eigenvalue weighted by atomic mass is 19.4. The third-order valence-corrected chi connectivity index (χ3v) is 5.84. The Bertz CT molecular complexity index is 1020. The Hall–Kier alpha value is -3.29. The molecular formula is C21H29F3N8O3. The van der Waals surface area contributed by atoms with Gasteiger partial charge in [-0.15, -0.1) is 0 Å². The van der Waals surface area contributed by atoms with E-state index >= 15 is 0 Å². The molecule has 0 atom stereocenters. The molecule has 0 unspecified atom stereocenters. The lowest BCUT2D eigenvalue weighted by Gasteiger charge is -2.31. The molecule has 2 aliphatic heterocycles. The SMILES string of the molecule is Cc1oc(N2CCN(C)CC2)nc1Nc1ncc(C(F)(F)F)c(NCCCN2CCCOC2=O)n1. The summed E-state index contributed by atoms with van der Waals surface area (Å²) in [6, 6.07) is 0.444. The normalized spacial score (nSPS) is 17.5. The van der Waals surface area contributed by atoms with E-state index in [1.165, 1.54) is 4.90 Å². The molecule has 0 aliphatic carbocycles. The molecule has 14 heteroatoms. The monoisotopic (exact) mass is 498 g/mol. The molecule has 192 valence electrons. The molecule has 2 N–H and O–H groups in total. The highest BCUT2D eigenvalue weighted by molar-refractivity contribution is 5.68. The molecule has 0 saturated carbocycles. The average molecular weight is 499 g/mol. The van der Waals surface area contributed by atoms with Crippen LogP contribution in [0.3, 0.4) is 0 Å². The highest BCUT2D eigenvalue weighted by Gasteiger charge is 2.35. The number of hydrogen-bond acceptors (Lipinski definition) is 10. The second-order valence-electron chi connectivity index (χ2n) is 8.51. The van der Waals surface area contributed by atoms with Crippen molar-refractivity contribution in [2.75, 3.05) is 75.0 Å². The quantitative estimate of drug-likeness (QED) is 0.527. The van der Waals surface area contributed by atoms with Crippen molar-refractivity contribution in [2.45, 2.75) is 25.9 Å². The fourth-order valence-electron chi connectivity index (χ4n) is 3.80. The van der Waals surface area contributed by atoms with Gasteiger partial charge in [-0.05, 0) is 26.8 Å². The number of alkyl halides is 3. The van der Waals surface area contributed by atoms with Gasteiger partial charge in [0, 0.05) is 52.0 Å². The van der Waals surface area contributed by atoms with E-state index in [1.54, 1.807) is 6.92 Å². The number of carbonyl (C=O) groups excluding carboxylic acids is 1. The van der Waals surface area contributed by atoms with Crippen LogP contribution in [0, 0.1) is 6.92 Å². The number of hydrogen-bond donors (Lipinski definition) is 2. The zero-order chi connectivity index (χ0) is 25.0. The van der Waals surface area contributed by atoms with Crippen LogP contribution in [-0.2, 0) is 10.9 Å². The van der Waals surface area contributed by atoms with Crippen molar-refractivity contribution >= 4 is 29.7 Å². The summed E-state index contributed by atoms with van der Waals surface area (Å²) in [4.78, 5) is 29.8. The molecule has 1 amide bonds. The molecule has 0 radical (unpaired) electrons. The molecule has 2 saturated heterocycles. The van der Waals surface area contributed by atoms with E-state index in [-0.39, 0.29) is 18.3 Å². The number of likely N-dealkylation sites (N-methyl/N-ethyl adjacent to an activating group) is 1. The number of halogens is 3. The minimum atomic E-state index is -4.63. The number of anilines is 4. The standard InChI is InChI=1S/C21H29F3N8O3/c1-14-16(29-19(35-14)31-10-8-30(2)9-11-31)27-18-26-13-15(21(22,23)24)17(28-18)25-5-3-6-32-7-4-12-34-20(32)33/h13H,3-12H2,1-2H3,(H2,25,26,27,28). The lowest BCUT2D eigenvalue weighted by molar-refractivity contribution is -0.137. The van der Waals surface area contributed by atoms with Gasteiger partial charge < -0.3 is 34.5 Å². The molecule has 2 aliphatic rings. The predicted molar refractivity (Wildman–Crippen MR) is 122 cm³/mol. The van der Waals surface area contributed by atoms with Gasteiger partial charge in [0.1, 0.15) is 17.1 Å². The van der Waals surface area contributed by atoms with Gasteiger partial charge in [-0.3, -0.25) is 0 Å². The van der Waals surface area contributed by atoms with Gasteiger partial charge in [-0.2, -0.15) is 23.1 Å². The minimum Gasteiger partial charge on any atom is -0.449 e. The maximum Gasteiger partial charge on any atom is 0.421 e. The predicted octanol–water partition coefficient (Wildman–Crippen LogP) is 2.93. The lowest BCUT2D eigenvalue weighted by Crippen LogP contribution is -2.44. The van der Waals surface area contributed by atoms with Crippen molar-refractivity contribution in [1.29, 1.82) is 0 Å².